The third kappa shape index (κ3) is 3.14. The van der Waals surface area contributed by atoms with Crippen LogP contribution in [0.25, 0.3) is 11.5 Å². The van der Waals surface area contributed by atoms with Crippen molar-refractivity contribution in [2.75, 3.05) is 0 Å². The maximum atomic E-state index is 13.2. The summed E-state index contributed by atoms with van der Waals surface area (Å²) in [6, 6.07) is 4.45. The molecule has 2 rings (SSSR count). The van der Waals surface area contributed by atoms with E-state index < -0.39 is 0 Å². The number of nitrogens with zero attached hydrogens (tertiary/aromatic N) is 2. The van der Waals surface area contributed by atoms with E-state index in [0.29, 0.717) is 28.2 Å². The number of hydrogen-bond acceptors (Lipinski definition) is 4. The lowest BCUT2D eigenvalue weighted by atomic mass is 10.1. The summed E-state index contributed by atoms with van der Waals surface area (Å²) in [5.41, 5.74) is 6.36. The standard InChI is InChI=1S/C12H13BrFN3O/c1-2-10(15)6-11-16-12(18-17-11)7-3-8(13)5-9(14)4-7/h3-5,10H,2,6,15H2,1H3. The Morgan fingerprint density at radius 3 is 2.89 bits per heavy atom. The molecule has 18 heavy (non-hydrogen) atoms. The molecule has 0 spiro atoms. The van der Waals surface area contributed by atoms with Crippen molar-refractivity contribution in [2.45, 2.75) is 25.8 Å². The van der Waals surface area contributed by atoms with Crippen molar-refractivity contribution in [1.82, 2.24) is 10.1 Å². The van der Waals surface area contributed by atoms with E-state index in [1.54, 1.807) is 6.07 Å². The first-order chi connectivity index (χ1) is 8.58. The summed E-state index contributed by atoms with van der Waals surface area (Å²) in [6.45, 7) is 2.00. The van der Waals surface area contributed by atoms with Crippen molar-refractivity contribution in [3.05, 3.63) is 34.3 Å². The molecule has 0 aliphatic rings. The summed E-state index contributed by atoms with van der Waals surface area (Å²) in [4.78, 5) is 4.21. The number of rotatable bonds is 4. The Morgan fingerprint density at radius 1 is 1.44 bits per heavy atom. The molecular weight excluding hydrogens is 301 g/mol. The minimum Gasteiger partial charge on any atom is -0.334 e. The quantitative estimate of drug-likeness (QED) is 0.942. The summed E-state index contributed by atoms with van der Waals surface area (Å²) in [7, 11) is 0. The van der Waals surface area contributed by atoms with Crippen molar-refractivity contribution in [3.63, 3.8) is 0 Å². The Bertz CT molecular complexity index is 524. The largest absolute Gasteiger partial charge is 0.334 e. The highest BCUT2D eigenvalue weighted by Gasteiger charge is 2.12. The fraction of sp³-hybridized carbons (Fsp3) is 0.333. The van der Waals surface area contributed by atoms with Crippen LogP contribution in [0.4, 0.5) is 4.39 Å². The fourth-order valence-electron chi connectivity index (χ4n) is 1.51. The van der Waals surface area contributed by atoms with Gasteiger partial charge in [-0.05, 0) is 24.6 Å². The molecule has 1 heterocycles. The highest BCUT2D eigenvalue weighted by molar-refractivity contribution is 9.10. The number of aromatic nitrogens is 2. The van der Waals surface area contributed by atoms with E-state index in [4.69, 9.17) is 10.3 Å². The molecule has 2 aromatic rings. The van der Waals surface area contributed by atoms with Crippen LogP contribution in [0.1, 0.15) is 19.2 Å². The van der Waals surface area contributed by atoms with E-state index in [2.05, 4.69) is 26.1 Å². The molecule has 0 radical (unpaired) electrons. The van der Waals surface area contributed by atoms with Gasteiger partial charge in [0, 0.05) is 22.5 Å². The van der Waals surface area contributed by atoms with Gasteiger partial charge in [-0.25, -0.2) is 4.39 Å². The van der Waals surface area contributed by atoms with E-state index in [1.807, 2.05) is 6.92 Å². The van der Waals surface area contributed by atoms with Gasteiger partial charge in [0.2, 0.25) is 0 Å². The fourth-order valence-corrected chi connectivity index (χ4v) is 1.98. The van der Waals surface area contributed by atoms with Crippen LogP contribution in [0.3, 0.4) is 0 Å². The smallest absolute Gasteiger partial charge is 0.258 e. The molecule has 2 N–H and O–H groups in total. The number of benzene rings is 1. The molecule has 0 aliphatic carbocycles. The third-order valence-corrected chi connectivity index (χ3v) is 3.00. The first-order valence-corrected chi connectivity index (χ1v) is 6.42. The van der Waals surface area contributed by atoms with Crippen LogP contribution >= 0.6 is 15.9 Å². The third-order valence-electron chi connectivity index (χ3n) is 2.55. The minimum absolute atomic E-state index is 0.00898. The van der Waals surface area contributed by atoms with Crippen molar-refractivity contribution < 1.29 is 8.91 Å². The number of halogens is 2. The van der Waals surface area contributed by atoms with Crippen LogP contribution in [0.2, 0.25) is 0 Å². The number of hydrogen-bond donors (Lipinski definition) is 1. The lowest BCUT2D eigenvalue weighted by Crippen LogP contribution is -2.21. The minimum atomic E-state index is -0.357. The molecule has 0 fully saturated rings. The summed E-state index contributed by atoms with van der Waals surface area (Å²) >= 11 is 3.22. The van der Waals surface area contributed by atoms with Gasteiger partial charge in [-0.3, -0.25) is 0 Å². The zero-order chi connectivity index (χ0) is 13.1. The molecule has 96 valence electrons. The maximum Gasteiger partial charge on any atom is 0.258 e. The van der Waals surface area contributed by atoms with E-state index >= 15 is 0 Å². The van der Waals surface area contributed by atoms with Crippen LogP contribution in [0, 0.1) is 5.82 Å². The van der Waals surface area contributed by atoms with Crippen LogP contribution in [0.5, 0.6) is 0 Å². The van der Waals surface area contributed by atoms with Gasteiger partial charge >= 0.3 is 0 Å². The van der Waals surface area contributed by atoms with Crippen LogP contribution in [0.15, 0.2) is 27.2 Å². The molecule has 4 nitrogen and oxygen atoms in total. The van der Waals surface area contributed by atoms with Gasteiger partial charge in [0.15, 0.2) is 5.82 Å². The van der Waals surface area contributed by atoms with E-state index in [1.165, 1.54) is 12.1 Å². The molecule has 1 unspecified atom stereocenters. The maximum absolute atomic E-state index is 13.2. The summed E-state index contributed by atoms with van der Waals surface area (Å²) in [5, 5.41) is 3.84. The first-order valence-electron chi connectivity index (χ1n) is 5.63. The molecule has 1 aromatic carbocycles. The van der Waals surface area contributed by atoms with Gasteiger partial charge in [0.25, 0.3) is 5.89 Å². The molecular formula is C12H13BrFN3O. The first kappa shape index (κ1) is 13.2. The highest BCUT2D eigenvalue weighted by atomic mass is 79.9. The second-order valence-corrected chi connectivity index (χ2v) is 4.96. The normalized spacial score (nSPS) is 12.7. The van der Waals surface area contributed by atoms with Crippen molar-refractivity contribution in [1.29, 1.82) is 0 Å². The van der Waals surface area contributed by atoms with Crippen LogP contribution in [-0.4, -0.2) is 16.2 Å². The monoisotopic (exact) mass is 313 g/mol. The second kappa shape index (κ2) is 5.58. The topological polar surface area (TPSA) is 64.9 Å². The van der Waals surface area contributed by atoms with E-state index in [-0.39, 0.29) is 11.9 Å². The summed E-state index contributed by atoms with van der Waals surface area (Å²) < 4.78 is 19.0. The number of nitrogens with two attached hydrogens (primary N) is 1. The molecule has 0 amide bonds. The zero-order valence-corrected chi connectivity index (χ0v) is 11.4. The predicted molar refractivity (Wildman–Crippen MR) is 69.4 cm³/mol. The van der Waals surface area contributed by atoms with Gasteiger partial charge in [-0.2, -0.15) is 4.98 Å². The molecule has 0 bridgehead atoms. The van der Waals surface area contributed by atoms with Crippen molar-refractivity contribution >= 4 is 15.9 Å². The zero-order valence-electron chi connectivity index (χ0n) is 9.86. The van der Waals surface area contributed by atoms with E-state index in [9.17, 15) is 4.39 Å². The molecule has 0 saturated carbocycles. The lowest BCUT2D eigenvalue weighted by molar-refractivity contribution is 0.419. The second-order valence-electron chi connectivity index (χ2n) is 4.05. The Balaban J connectivity index is 2.23. The Labute approximate surface area is 113 Å². The molecule has 1 atom stereocenters. The SMILES string of the molecule is CCC(N)Cc1noc(-c2cc(F)cc(Br)c2)n1. The molecule has 0 saturated heterocycles. The van der Waals surface area contributed by atoms with Crippen LogP contribution in [-0.2, 0) is 6.42 Å². The summed E-state index contributed by atoms with van der Waals surface area (Å²) in [5.74, 6) is 0.484. The summed E-state index contributed by atoms with van der Waals surface area (Å²) in [6.07, 6.45) is 1.39. The molecule has 0 aliphatic heterocycles. The van der Waals surface area contributed by atoms with Gasteiger partial charge in [-0.15, -0.1) is 0 Å². The lowest BCUT2D eigenvalue weighted by Gasteiger charge is -2.02. The van der Waals surface area contributed by atoms with Gasteiger partial charge < -0.3 is 10.3 Å². The van der Waals surface area contributed by atoms with Gasteiger partial charge in [0.05, 0.1) is 0 Å². The van der Waals surface area contributed by atoms with Gasteiger partial charge in [0.1, 0.15) is 5.82 Å². The van der Waals surface area contributed by atoms with Crippen molar-refractivity contribution in [3.8, 4) is 11.5 Å². The van der Waals surface area contributed by atoms with Gasteiger partial charge in [-0.1, -0.05) is 28.0 Å². The average molecular weight is 314 g/mol. The molecule has 1 aromatic heterocycles. The molecule has 6 heteroatoms. The van der Waals surface area contributed by atoms with Crippen molar-refractivity contribution in [2.24, 2.45) is 5.73 Å². The van der Waals surface area contributed by atoms with E-state index in [0.717, 1.165) is 6.42 Å². The Kier molecular flexibility index (Phi) is 4.08. The average Bonchev–Trinajstić information content (AvgIpc) is 2.76. The Hall–Kier alpha value is -1.27. The van der Waals surface area contributed by atoms with Crippen LogP contribution < -0.4 is 5.73 Å². The predicted octanol–water partition coefficient (Wildman–Crippen LogP) is 2.92. The Morgan fingerprint density at radius 2 is 2.22 bits per heavy atom. The highest BCUT2D eigenvalue weighted by Crippen LogP contribution is 2.23.